The van der Waals surface area contributed by atoms with Crippen LogP contribution in [0.5, 0.6) is 11.5 Å². The highest BCUT2D eigenvalue weighted by molar-refractivity contribution is 7.90. The van der Waals surface area contributed by atoms with Gasteiger partial charge in [-0.25, -0.2) is 13.2 Å². The van der Waals surface area contributed by atoms with Gasteiger partial charge in [-0.3, -0.25) is 9.36 Å². The number of ether oxygens (including phenoxy) is 2. The van der Waals surface area contributed by atoms with Crippen molar-refractivity contribution in [2.24, 2.45) is 0 Å². The molecule has 2 heterocycles. The molecule has 4 rings (SSSR count). The van der Waals surface area contributed by atoms with Gasteiger partial charge in [-0.05, 0) is 48.4 Å². The maximum Gasteiger partial charge on any atom is 0.407 e. The minimum absolute atomic E-state index is 0.174. The van der Waals surface area contributed by atoms with E-state index in [1.165, 1.54) is 27.7 Å². The van der Waals surface area contributed by atoms with Gasteiger partial charge in [0.1, 0.15) is 17.6 Å². The molecule has 1 amide bonds. The van der Waals surface area contributed by atoms with Crippen molar-refractivity contribution < 1.29 is 27.8 Å². The molecule has 37 heavy (non-hydrogen) atoms. The molecule has 2 atom stereocenters. The van der Waals surface area contributed by atoms with E-state index in [2.05, 4.69) is 0 Å². The van der Waals surface area contributed by atoms with Crippen LogP contribution in [-0.4, -0.2) is 55.1 Å². The molecule has 3 aromatic rings. The Morgan fingerprint density at radius 1 is 1.11 bits per heavy atom. The Hall–Kier alpha value is -3.79. The maximum absolute atomic E-state index is 12.8. The lowest BCUT2D eigenvalue weighted by Gasteiger charge is -2.38. The average Bonchev–Trinajstić information content (AvgIpc) is 2.87. The fourth-order valence-electron chi connectivity index (χ4n) is 4.61. The maximum atomic E-state index is 12.8. The topological polar surface area (TPSA) is 115 Å². The number of aromatic nitrogens is 1. The molecule has 1 fully saturated rings. The van der Waals surface area contributed by atoms with Crippen LogP contribution in [0.25, 0.3) is 5.69 Å². The quantitative estimate of drug-likeness (QED) is 0.493. The Morgan fingerprint density at radius 2 is 1.84 bits per heavy atom. The van der Waals surface area contributed by atoms with Crippen LogP contribution in [0.3, 0.4) is 0 Å². The minimum Gasteiger partial charge on any atom is -0.496 e. The number of likely N-dealkylation sites (tertiary alicyclic amines) is 1. The molecule has 0 saturated carbocycles. The van der Waals surface area contributed by atoms with Gasteiger partial charge >= 0.3 is 6.09 Å². The molecule has 1 aliphatic rings. The lowest BCUT2D eigenvalue weighted by molar-refractivity contribution is 0.0531. The molecule has 0 aliphatic carbocycles. The molecule has 1 aliphatic heterocycles. The van der Waals surface area contributed by atoms with Gasteiger partial charge in [-0.2, -0.15) is 0 Å². The molecule has 0 spiro atoms. The second kappa shape index (κ2) is 10.7. The minimum atomic E-state index is -3.33. The van der Waals surface area contributed by atoms with Crippen molar-refractivity contribution in [2.45, 2.75) is 43.2 Å². The number of hydrogen-bond acceptors (Lipinski definition) is 6. The third kappa shape index (κ3) is 5.80. The van der Waals surface area contributed by atoms with Gasteiger partial charge in [0.05, 0.1) is 18.0 Å². The van der Waals surface area contributed by atoms with Crippen LogP contribution in [0.2, 0.25) is 0 Å². The first-order valence-corrected chi connectivity index (χ1v) is 13.9. The summed E-state index contributed by atoms with van der Waals surface area (Å²) in [6.45, 7) is 2.33. The van der Waals surface area contributed by atoms with Gasteiger partial charge in [0, 0.05) is 49.2 Å². The van der Waals surface area contributed by atoms with Crippen molar-refractivity contribution in [3.8, 4) is 17.2 Å². The van der Waals surface area contributed by atoms with E-state index in [4.69, 9.17) is 9.47 Å². The zero-order chi connectivity index (χ0) is 26.7. The molecule has 10 heteroatoms. The smallest absolute Gasteiger partial charge is 0.407 e. The van der Waals surface area contributed by atoms with Crippen LogP contribution in [0.15, 0.2) is 70.5 Å². The Balaban J connectivity index is 1.55. The van der Waals surface area contributed by atoms with Crippen LogP contribution in [0.4, 0.5) is 4.79 Å². The number of pyridine rings is 1. The highest BCUT2D eigenvalue weighted by Crippen LogP contribution is 2.38. The molecule has 0 bridgehead atoms. The number of amides is 1. The third-order valence-electron chi connectivity index (χ3n) is 6.60. The van der Waals surface area contributed by atoms with Crippen molar-refractivity contribution in [3.05, 3.63) is 82.3 Å². The van der Waals surface area contributed by atoms with Gasteiger partial charge in [0.2, 0.25) is 0 Å². The first-order chi connectivity index (χ1) is 17.6. The van der Waals surface area contributed by atoms with E-state index in [1.54, 1.807) is 31.5 Å². The number of carboxylic acid groups (broad SMARTS) is 1. The van der Waals surface area contributed by atoms with E-state index in [-0.39, 0.29) is 23.1 Å². The van der Waals surface area contributed by atoms with Crippen molar-refractivity contribution in [3.63, 3.8) is 0 Å². The normalized spacial score (nSPS) is 17.9. The Bertz CT molecular complexity index is 1450. The molecule has 2 aromatic carbocycles. The standard InChI is InChI=1S/C27H30N2O7S/c1-4-18-5-10-23(25(15-18)35-2)24-16-20(12-14-29(24)27(31)32)36-21-11-13-28(26(30)17-21)19-6-8-22(9-7-19)37(3,33)34/h5-11,13,15,17,20,24H,4,12,14,16H2,1-3H3,(H,31,32). The second-order valence-corrected chi connectivity index (χ2v) is 11.0. The summed E-state index contributed by atoms with van der Waals surface area (Å²) in [6.07, 6.45) is 3.11. The summed E-state index contributed by atoms with van der Waals surface area (Å²) in [5.74, 6) is 1.02. The van der Waals surface area contributed by atoms with Gasteiger partial charge in [-0.1, -0.05) is 19.1 Å². The van der Waals surface area contributed by atoms with Crippen LogP contribution in [0, 0.1) is 0 Å². The molecule has 1 N–H and O–H groups in total. The first-order valence-electron chi connectivity index (χ1n) is 12.0. The highest BCUT2D eigenvalue weighted by Gasteiger charge is 2.35. The van der Waals surface area contributed by atoms with E-state index < -0.39 is 22.0 Å². The van der Waals surface area contributed by atoms with Crippen LogP contribution < -0.4 is 15.0 Å². The van der Waals surface area contributed by atoms with E-state index in [0.717, 1.165) is 23.8 Å². The van der Waals surface area contributed by atoms with Gasteiger partial charge in [-0.15, -0.1) is 0 Å². The van der Waals surface area contributed by atoms with E-state index in [9.17, 15) is 23.1 Å². The molecule has 196 valence electrons. The number of rotatable bonds is 7. The van der Waals surface area contributed by atoms with E-state index >= 15 is 0 Å². The summed E-state index contributed by atoms with van der Waals surface area (Å²) in [6, 6.07) is 14.5. The molecular formula is C27H30N2O7S. The number of piperidine rings is 1. The largest absolute Gasteiger partial charge is 0.496 e. The predicted octanol–water partition coefficient (Wildman–Crippen LogP) is 4.07. The lowest BCUT2D eigenvalue weighted by atomic mass is 9.92. The Kier molecular flexibility index (Phi) is 7.58. The van der Waals surface area contributed by atoms with E-state index in [1.807, 2.05) is 25.1 Å². The van der Waals surface area contributed by atoms with Crippen LogP contribution >= 0.6 is 0 Å². The molecule has 1 saturated heterocycles. The zero-order valence-electron chi connectivity index (χ0n) is 21.0. The molecule has 0 radical (unpaired) electrons. The SMILES string of the molecule is CCc1ccc(C2CC(Oc3ccn(-c4ccc(S(C)(=O)=O)cc4)c(=O)c3)CCN2C(=O)O)c(OC)c1. The molecular weight excluding hydrogens is 496 g/mol. The third-order valence-corrected chi connectivity index (χ3v) is 7.73. The highest BCUT2D eigenvalue weighted by atomic mass is 32.2. The Morgan fingerprint density at radius 3 is 2.43 bits per heavy atom. The van der Waals surface area contributed by atoms with Gasteiger partial charge in [0.25, 0.3) is 5.56 Å². The zero-order valence-corrected chi connectivity index (χ0v) is 21.8. The summed E-state index contributed by atoms with van der Waals surface area (Å²) in [4.78, 5) is 26.4. The number of hydrogen-bond donors (Lipinski definition) is 1. The van der Waals surface area contributed by atoms with Crippen LogP contribution in [0.1, 0.15) is 36.9 Å². The van der Waals surface area contributed by atoms with Crippen molar-refractivity contribution in [1.29, 1.82) is 0 Å². The summed E-state index contributed by atoms with van der Waals surface area (Å²) < 4.78 is 36.5. The summed E-state index contributed by atoms with van der Waals surface area (Å²) in [7, 11) is -1.76. The Labute approximate surface area is 215 Å². The predicted molar refractivity (Wildman–Crippen MR) is 139 cm³/mol. The summed E-state index contributed by atoms with van der Waals surface area (Å²) in [5.41, 5.74) is 2.07. The number of benzene rings is 2. The van der Waals surface area contributed by atoms with Crippen molar-refractivity contribution in [1.82, 2.24) is 9.47 Å². The lowest BCUT2D eigenvalue weighted by Crippen LogP contribution is -2.43. The van der Waals surface area contributed by atoms with Crippen molar-refractivity contribution in [2.75, 3.05) is 19.9 Å². The second-order valence-electron chi connectivity index (χ2n) is 9.02. The molecule has 9 nitrogen and oxygen atoms in total. The number of sulfone groups is 1. The van der Waals surface area contributed by atoms with E-state index in [0.29, 0.717) is 30.0 Å². The fourth-order valence-corrected chi connectivity index (χ4v) is 5.24. The van der Waals surface area contributed by atoms with Crippen LogP contribution in [-0.2, 0) is 16.3 Å². The number of carbonyl (C=O) groups is 1. The molecule has 1 aromatic heterocycles. The average molecular weight is 527 g/mol. The fraction of sp³-hybridized carbons (Fsp3) is 0.333. The number of methoxy groups -OCH3 is 1. The first kappa shape index (κ1) is 26.3. The van der Waals surface area contributed by atoms with Crippen molar-refractivity contribution >= 4 is 15.9 Å². The number of aryl methyl sites for hydroxylation is 1. The summed E-state index contributed by atoms with van der Waals surface area (Å²) >= 11 is 0. The summed E-state index contributed by atoms with van der Waals surface area (Å²) in [5, 5.41) is 9.81. The number of nitrogens with zero attached hydrogens (tertiary/aromatic N) is 2. The molecule has 2 unspecified atom stereocenters. The van der Waals surface area contributed by atoms with Gasteiger partial charge < -0.3 is 19.5 Å². The monoisotopic (exact) mass is 526 g/mol. The van der Waals surface area contributed by atoms with Gasteiger partial charge in [0.15, 0.2) is 9.84 Å².